The summed E-state index contributed by atoms with van der Waals surface area (Å²) in [5.41, 5.74) is 0.723. The Hall–Kier alpha value is -3.28. The number of imidazole rings is 1. The van der Waals surface area contributed by atoms with Gasteiger partial charge in [-0.05, 0) is 0 Å². The van der Waals surface area contributed by atoms with E-state index in [2.05, 4.69) is 15.0 Å². The number of carbonyl (C=O) groups is 3. The highest BCUT2D eigenvalue weighted by Crippen LogP contribution is 2.36. The Balaban J connectivity index is 2.02. The van der Waals surface area contributed by atoms with Gasteiger partial charge in [-0.3, -0.25) is 19.0 Å². The number of ether oxygens (including phenoxy) is 5. The summed E-state index contributed by atoms with van der Waals surface area (Å²) in [5.74, 6) is -1.49. The Morgan fingerprint density at radius 3 is 2.34 bits per heavy atom. The number of aromatic nitrogens is 4. The lowest BCUT2D eigenvalue weighted by atomic mass is 10.1. The zero-order valence-electron chi connectivity index (χ0n) is 16.2. The van der Waals surface area contributed by atoms with Crippen LogP contribution in [-0.2, 0) is 33.3 Å². The lowest BCUT2D eigenvalue weighted by Gasteiger charge is -2.23. The number of esters is 3. The predicted octanol–water partition coefficient (Wildman–Crippen LogP) is 0.159. The van der Waals surface area contributed by atoms with Crippen LogP contribution in [0.1, 0.15) is 27.0 Å². The summed E-state index contributed by atoms with van der Waals surface area (Å²) in [4.78, 5) is 47.0. The second-order valence-electron chi connectivity index (χ2n) is 6.22. The average Bonchev–Trinajstić information content (AvgIpc) is 3.21. The fourth-order valence-corrected chi connectivity index (χ4v) is 3.08. The van der Waals surface area contributed by atoms with E-state index in [1.54, 1.807) is 0 Å². The Kier molecular flexibility index (Phi) is 5.92. The van der Waals surface area contributed by atoms with Crippen LogP contribution in [0.15, 0.2) is 12.7 Å². The van der Waals surface area contributed by atoms with Crippen molar-refractivity contribution in [2.24, 2.45) is 0 Å². The van der Waals surface area contributed by atoms with Gasteiger partial charge >= 0.3 is 17.9 Å². The molecular weight excluding hydrogens is 388 g/mol. The maximum absolute atomic E-state index is 11.7. The van der Waals surface area contributed by atoms with Crippen LogP contribution in [0.25, 0.3) is 11.2 Å². The number of fused-ring (bicyclic) bond motifs is 1. The molecule has 0 bridgehead atoms. The molecule has 0 spiro atoms. The van der Waals surface area contributed by atoms with Crippen LogP contribution in [0.2, 0.25) is 0 Å². The van der Waals surface area contributed by atoms with Gasteiger partial charge in [-0.2, -0.15) is 4.98 Å². The van der Waals surface area contributed by atoms with Crippen LogP contribution in [-0.4, -0.2) is 69.5 Å². The molecule has 0 N–H and O–H groups in total. The Morgan fingerprint density at radius 2 is 1.72 bits per heavy atom. The number of nitrogens with zero attached hydrogens (tertiary/aromatic N) is 4. The molecule has 1 saturated heterocycles. The predicted molar refractivity (Wildman–Crippen MR) is 93.5 cm³/mol. The second-order valence-corrected chi connectivity index (χ2v) is 6.22. The van der Waals surface area contributed by atoms with Gasteiger partial charge in [0.25, 0.3) is 0 Å². The zero-order chi connectivity index (χ0) is 21.1. The van der Waals surface area contributed by atoms with Crippen LogP contribution in [0.3, 0.4) is 0 Å². The van der Waals surface area contributed by atoms with Crippen molar-refractivity contribution in [2.45, 2.75) is 45.3 Å². The van der Waals surface area contributed by atoms with Gasteiger partial charge in [-0.15, -0.1) is 0 Å². The molecule has 4 unspecified atom stereocenters. The van der Waals surface area contributed by atoms with Crippen LogP contribution >= 0.6 is 0 Å². The fraction of sp³-hybridized carbons (Fsp3) is 0.529. The number of rotatable bonds is 6. The SMILES string of the molecule is COc1ncnc2c1ncn2C1OC(COC(C)=O)C(OC(C)=O)C1OC(C)=O. The number of hydrogen-bond acceptors (Lipinski definition) is 11. The van der Waals surface area contributed by atoms with Crippen molar-refractivity contribution in [3.05, 3.63) is 12.7 Å². The van der Waals surface area contributed by atoms with Crippen molar-refractivity contribution in [1.29, 1.82) is 0 Å². The minimum absolute atomic E-state index is 0.202. The van der Waals surface area contributed by atoms with E-state index in [9.17, 15) is 14.4 Å². The quantitative estimate of drug-likeness (QED) is 0.476. The highest BCUT2D eigenvalue weighted by atomic mass is 16.7. The van der Waals surface area contributed by atoms with Crippen molar-refractivity contribution in [3.63, 3.8) is 0 Å². The summed E-state index contributed by atoms with van der Waals surface area (Å²) < 4.78 is 28.4. The first kappa shape index (κ1) is 20.5. The minimum Gasteiger partial charge on any atom is -0.479 e. The summed E-state index contributed by atoms with van der Waals surface area (Å²) in [6, 6.07) is 0. The lowest BCUT2D eigenvalue weighted by molar-refractivity contribution is -0.166. The third-order valence-corrected chi connectivity index (χ3v) is 4.13. The molecule has 1 aliphatic heterocycles. The number of methoxy groups -OCH3 is 1. The van der Waals surface area contributed by atoms with E-state index < -0.39 is 42.4 Å². The third kappa shape index (κ3) is 4.26. The molecule has 156 valence electrons. The van der Waals surface area contributed by atoms with Crippen molar-refractivity contribution < 1.29 is 38.1 Å². The third-order valence-electron chi connectivity index (χ3n) is 4.13. The zero-order valence-corrected chi connectivity index (χ0v) is 16.2. The molecule has 0 saturated carbocycles. The monoisotopic (exact) mass is 408 g/mol. The summed E-state index contributed by atoms with van der Waals surface area (Å²) in [6.45, 7) is 3.47. The summed E-state index contributed by atoms with van der Waals surface area (Å²) in [6.07, 6.45) is -1.17. The molecule has 2 aromatic heterocycles. The van der Waals surface area contributed by atoms with E-state index in [1.165, 1.54) is 45.1 Å². The van der Waals surface area contributed by atoms with Crippen molar-refractivity contribution >= 4 is 29.1 Å². The maximum atomic E-state index is 11.7. The van der Waals surface area contributed by atoms with Crippen LogP contribution < -0.4 is 4.74 Å². The molecular formula is C17H20N4O8. The van der Waals surface area contributed by atoms with E-state index in [-0.39, 0.29) is 12.5 Å². The molecule has 1 aliphatic rings. The largest absolute Gasteiger partial charge is 0.479 e. The highest BCUT2D eigenvalue weighted by molar-refractivity contribution is 5.76. The Labute approximate surface area is 165 Å². The molecule has 4 atom stereocenters. The second kappa shape index (κ2) is 8.39. The first-order valence-electron chi connectivity index (χ1n) is 8.66. The van der Waals surface area contributed by atoms with Gasteiger partial charge in [-0.25, -0.2) is 9.97 Å². The van der Waals surface area contributed by atoms with Gasteiger partial charge in [0.1, 0.15) is 19.0 Å². The van der Waals surface area contributed by atoms with Gasteiger partial charge in [0.15, 0.2) is 29.6 Å². The maximum Gasteiger partial charge on any atom is 0.303 e. The topological polar surface area (TPSA) is 141 Å². The standard InChI is InChI=1S/C17H20N4O8/c1-8(22)26-5-11-13(27-9(2)23)14(28-10(3)24)17(29-11)21-7-20-12-15(21)18-6-19-16(12)25-4/h6-7,11,13-14,17H,5H2,1-4H3. The van der Waals surface area contributed by atoms with Crippen LogP contribution in [0.5, 0.6) is 5.88 Å². The summed E-state index contributed by atoms with van der Waals surface area (Å²) in [7, 11) is 1.44. The molecule has 0 aliphatic carbocycles. The first-order valence-corrected chi connectivity index (χ1v) is 8.66. The summed E-state index contributed by atoms with van der Waals surface area (Å²) >= 11 is 0. The van der Waals surface area contributed by atoms with Gasteiger partial charge in [0.2, 0.25) is 5.88 Å². The molecule has 0 radical (unpaired) electrons. The average molecular weight is 408 g/mol. The van der Waals surface area contributed by atoms with E-state index in [4.69, 9.17) is 23.7 Å². The number of carbonyl (C=O) groups excluding carboxylic acids is 3. The lowest BCUT2D eigenvalue weighted by Crippen LogP contribution is -2.40. The van der Waals surface area contributed by atoms with Gasteiger partial charge in [0, 0.05) is 20.8 Å². The number of hydrogen-bond donors (Lipinski definition) is 0. The van der Waals surface area contributed by atoms with Crippen molar-refractivity contribution in [2.75, 3.05) is 13.7 Å². The van der Waals surface area contributed by atoms with Gasteiger partial charge < -0.3 is 23.7 Å². The highest BCUT2D eigenvalue weighted by Gasteiger charge is 2.51. The van der Waals surface area contributed by atoms with Crippen molar-refractivity contribution in [1.82, 2.24) is 19.5 Å². The molecule has 3 rings (SSSR count). The summed E-state index contributed by atoms with van der Waals surface area (Å²) in [5, 5.41) is 0. The van der Waals surface area contributed by atoms with Crippen LogP contribution in [0.4, 0.5) is 0 Å². The van der Waals surface area contributed by atoms with E-state index in [0.717, 1.165) is 0 Å². The van der Waals surface area contributed by atoms with E-state index >= 15 is 0 Å². The van der Waals surface area contributed by atoms with E-state index in [0.29, 0.717) is 11.2 Å². The fourth-order valence-electron chi connectivity index (χ4n) is 3.08. The molecule has 12 nitrogen and oxygen atoms in total. The van der Waals surface area contributed by atoms with Crippen molar-refractivity contribution in [3.8, 4) is 5.88 Å². The van der Waals surface area contributed by atoms with Crippen LogP contribution in [0, 0.1) is 0 Å². The molecule has 3 heterocycles. The van der Waals surface area contributed by atoms with Gasteiger partial charge in [-0.1, -0.05) is 0 Å². The normalized spacial score (nSPS) is 23.6. The molecule has 12 heteroatoms. The van der Waals surface area contributed by atoms with E-state index in [1.807, 2.05) is 0 Å². The smallest absolute Gasteiger partial charge is 0.303 e. The molecule has 2 aromatic rings. The first-order chi connectivity index (χ1) is 13.8. The Bertz CT molecular complexity index is 929. The molecule has 0 aromatic carbocycles. The van der Waals surface area contributed by atoms with Gasteiger partial charge in [0.05, 0.1) is 13.4 Å². The molecule has 29 heavy (non-hydrogen) atoms. The molecule has 0 amide bonds. The Morgan fingerprint density at radius 1 is 1.03 bits per heavy atom. The molecule has 1 fully saturated rings. The minimum atomic E-state index is -1.03.